The molecule has 3 N–H and O–H groups in total. The largest absolute Gasteiger partial charge is 0.493 e. The monoisotopic (exact) mass is 1120 g/mol. The number of ether oxygens (including phenoxy) is 3. The molecule has 0 radical (unpaired) electrons. The molecular formula is C64H74N4O10S2. The van der Waals surface area contributed by atoms with Gasteiger partial charge in [-0.2, -0.15) is 0 Å². The first-order valence-electron chi connectivity index (χ1n) is 28.0. The zero-order valence-corrected chi connectivity index (χ0v) is 48.8. The van der Waals surface area contributed by atoms with E-state index >= 15 is 0 Å². The SMILES string of the molecule is CCC(=O)CCC(C)SSC(C)(C)CCC(=O)N[C@@H](C)C(=O)C[C@H](C)C(=O)Nc1cc(COc2cc3c(cc2C)C(=O)N2c4ccccc4C[C@H]2C(O)C3)cc(COc2cc3c(cc2OC)C(=O)N2c4ccccc4C[C@H]2CC3)c1. The van der Waals surface area contributed by atoms with Crippen molar-refractivity contribution in [3.63, 3.8) is 0 Å². The second-order valence-corrected chi connectivity index (χ2v) is 26.0. The quantitative estimate of drug-likeness (QED) is 0.0528. The Bertz CT molecular complexity index is 3200. The van der Waals surface area contributed by atoms with E-state index in [1.807, 2.05) is 97.6 Å². The van der Waals surface area contributed by atoms with Gasteiger partial charge in [-0.1, -0.05) is 78.8 Å². The predicted octanol–water partition coefficient (Wildman–Crippen LogP) is 11.3. The van der Waals surface area contributed by atoms with Gasteiger partial charge in [-0.05, 0) is 160 Å². The third-order valence-electron chi connectivity index (χ3n) is 15.9. The van der Waals surface area contributed by atoms with Gasteiger partial charge in [-0.25, -0.2) is 0 Å². The lowest BCUT2D eigenvalue weighted by Gasteiger charge is -2.26. The lowest BCUT2D eigenvalue weighted by molar-refractivity contribution is -0.129. The van der Waals surface area contributed by atoms with Crippen molar-refractivity contribution in [3.05, 3.63) is 141 Å². The Morgan fingerprint density at radius 2 is 1.40 bits per heavy atom. The van der Waals surface area contributed by atoms with Crippen LogP contribution < -0.4 is 34.6 Å². The summed E-state index contributed by atoms with van der Waals surface area (Å²) in [5, 5.41) is 17.7. The normalized spacial score (nSPS) is 18.2. The van der Waals surface area contributed by atoms with Crippen molar-refractivity contribution >= 4 is 73.8 Å². The number of para-hydroxylation sites is 2. The van der Waals surface area contributed by atoms with Crippen LogP contribution in [-0.2, 0) is 58.1 Å². The first-order chi connectivity index (χ1) is 38.3. The number of amides is 4. The van der Waals surface area contributed by atoms with Gasteiger partial charge in [0.15, 0.2) is 17.3 Å². The maximum atomic E-state index is 14.2. The van der Waals surface area contributed by atoms with Crippen molar-refractivity contribution in [3.8, 4) is 17.2 Å². The van der Waals surface area contributed by atoms with Gasteiger partial charge in [0.2, 0.25) is 11.8 Å². The van der Waals surface area contributed by atoms with Crippen molar-refractivity contribution < 1.29 is 48.1 Å². The van der Waals surface area contributed by atoms with Gasteiger partial charge in [0.25, 0.3) is 11.8 Å². The summed E-state index contributed by atoms with van der Waals surface area (Å²) in [6.07, 6.45) is 4.99. The summed E-state index contributed by atoms with van der Waals surface area (Å²) < 4.78 is 18.7. The molecule has 0 aromatic heterocycles. The highest BCUT2D eigenvalue weighted by molar-refractivity contribution is 8.77. The smallest absolute Gasteiger partial charge is 0.258 e. The molecule has 4 heterocycles. The van der Waals surface area contributed by atoms with Crippen molar-refractivity contribution in [1.29, 1.82) is 0 Å². The average Bonchev–Trinajstić information content (AvgIpc) is 4.10. The van der Waals surface area contributed by atoms with Crippen LogP contribution in [0.4, 0.5) is 17.1 Å². The van der Waals surface area contributed by atoms with E-state index in [9.17, 15) is 33.9 Å². The molecule has 80 heavy (non-hydrogen) atoms. The molecule has 0 bridgehead atoms. The highest BCUT2D eigenvalue weighted by atomic mass is 33.1. The van der Waals surface area contributed by atoms with Crippen LogP contribution in [0, 0.1) is 12.8 Å². The number of benzene rings is 5. The number of carbonyl (C=O) groups is 6. The average molecular weight is 1120 g/mol. The number of aliphatic hydroxyl groups is 1. The number of nitrogens with zero attached hydrogens (tertiary/aromatic N) is 2. The van der Waals surface area contributed by atoms with Crippen LogP contribution in [0.5, 0.6) is 17.2 Å². The van der Waals surface area contributed by atoms with Crippen LogP contribution in [0.2, 0.25) is 0 Å². The number of nitrogens with one attached hydrogen (secondary N) is 2. The molecule has 422 valence electrons. The van der Waals surface area contributed by atoms with Crippen LogP contribution in [0.1, 0.15) is 146 Å². The number of anilines is 3. The minimum atomic E-state index is -0.799. The number of ketones is 2. The molecule has 0 spiro atoms. The van der Waals surface area contributed by atoms with Gasteiger partial charge in [0, 0.05) is 82.2 Å². The Balaban J connectivity index is 0.887. The molecule has 4 aliphatic rings. The van der Waals surface area contributed by atoms with E-state index in [0.717, 1.165) is 47.3 Å². The number of fused-ring (bicyclic) bond motifs is 8. The van der Waals surface area contributed by atoms with Crippen molar-refractivity contribution in [2.75, 3.05) is 22.2 Å². The van der Waals surface area contributed by atoms with Gasteiger partial charge in [-0.15, -0.1) is 0 Å². The lowest BCUT2D eigenvalue weighted by atomic mass is 9.96. The predicted molar refractivity (Wildman–Crippen MR) is 316 cm³/mol. The summed E-state index contributed by atoms with van der Waals surface area (Å²) in [5.74, 6) is -0.180. The minimum absolute atomic E-state index is 0.0540. The fourth-order valence-electron chi connectivity index (χ4n) is 11.2. The molecule has 0 saturated carbocycles. The fourth-order valence-corrected chi connectivity index (χ4v) is 13.9. The van der Waals surface area contributed by atoms with E-state index in [1.165, 1.54) is 5.56 Å². The Morgan fingerprint density at radius 3 is 2.10 bits per heavy atom. The summed E-state index contributed by atoms with van der Waals surface area (Å²) in [4.78, 5) is 84.4. The fraction of sp³-hybridized carbons (Fsp3) is 0.438. The number of hydrogen-bond donors (Lipinski definition) is 3. The Morgan fingerprint density at radius 1 is 0.762 bits per heavy atom. The zero-order chi connectivity index (χ0) is 57.0. The third-order valence-corrected chi connectivity index (χ3v) is 19.9. The minimum Gasteiger partial charge on any atom is -0.493 e. The number of aryl methyl sites for hydroxylation is 2. The van der Waals surface area contributed by atoms with Crippen molar-refractivity contribution in [1.82, 2.24) is 5.32 Å². The maximum absolute atomic E-state index is 14.2. The summed E-state index contributed by atoms with van der Waals surface area (Å²) in [5.41, 5.74) is 9.22. The topological polar surface area (TPSA) is 181 Å². The molecule has 4 amide bonds. The molecule has 4 aliphatic heterocycles. The number of Topliss-reactive ketones (excluding diaryl/α,β-unsaturated/α-hetero) is 2. The van der Waals surface area contributed by atoms with E-state index in [2.05, 4.69) is 37.5 Å². The van der Waals surface area contributed by atoms with Crippen LogP contribution in [0.3, 0.4) is 0 Å². The Labute approximate surface area is 477 Å². The molecule has 16 heteroatoms. The second-order valence-electron chi connectivity index (χ2n) is 22.6. The standard InChI is InChI=1S/C64H74N4O10S2/c1-9-49(69)21-18-39(4)79-80-64(6,7)23-22-60(72)65-40(5)55(70)25-38(3)61(73)66-47-27-41(35-77-57-33-46-31-56(71)54-30-45-15-11-13-17-53(45)68(54)63(75)50(46)24-37(57)2)26-42(28-47)36-78-59-32-43-19-20-48-29-44-14-10-12-16-52(44)67(48)62(74)51(43)34-58(59)76-8/h10-17,24,26-28,32-34,38-40,48,54,56,71H,9,18-23,25,29-31,35-36H2,1-8H3,(H,65,72)(H,66,73)/t38-,39?,40-,48+,54-,56?/m0/s1. The number of carbonyl (C=O) groups excluding carboxylic acids is 6. The number of aliphatic hydroxyl groups excluding tert-OH is 1. The van der Waals surface area contributed by atoms with Crippen LogP contribution >= 0.6 is 21.6 Å². The zero-order valence-electron chi connectivity index (χ0n) is 47.1. The van der Waals surface area contributed by atoms with E-state index in [-0.39, 0.29) is 84.5 Å². The van der Waals surface area contributed by atoms with E-state index in [4.69, 9.17) is 14.2 Å². The molecule has 5 aromatic rings. The van der Waals surface area contributed by atoms with Gasteiger partial charge >= 0.3 is 0 Å². The molecule has 14 nitrogen and oxygen atoms in total. The molecule has 2 unspecified atom stereocenters. The number of methoxy groups -OCH3 is 1. The van der Waals surface area contributed by atoms with Crippen molar-refractivity contribution in [2.45, 2.75) is 167 Å². The highest BCUT2D eigenvalue weighted by Crippen LogP contribution is 2.44. The lowest BCUT2D eigenvalue weighted by Crippen LogP contribution is -2.43. The summed E-state index contributed by atoms with van der Waals surface area (Å²) in [7, 11) is 4.98. The number of rotatable bonds is 23. The molecule has 0 fully saturated rings. The maximum Gasteiger partial charge on any atom is 0.258 e. The second kappa shape index (κ2) is 25.0. The molecule has 5 aromatic carbocycles. The van der Waals surface area contributed by atoms with Crippen LogP contribution in [-0.4, -0.2) is 81.6 Å². The van der Waals surface area contributed by atoms with Crippen molar-refractivity contribution in [2.24, 2.45) is 5.92 Å². The Hall–Kier alpha value is -6.62. The molecule has 0 aliphatic carbocycles. The first kappa shape index (κ1) is 58.0. The third kappa shape index (κ3) is 13.2. The molecule has 9 rings (SSSR count). The highest BCUT2D eigenvalue weighted by Gasteiger charge is 2.42. The Kier molecular flexibility index (Phi) is 18.2. The van der Waals surface area contributed by atoms with Crippen LogP contribution in [0.15, 0.2) is 91.0 Å². The van der Waals surface area contributed by atoms with E-state index in [0.29, 0.717) is 88.1 Å². The first-order valence-corrected chi connectivity index (χ1v) is 30.2. The van der Waals surface area contributed by atoms with Gasteiger partial charge in [0.1, 0.15) is 24.7 Å². The summed E-state index contributed by atoms with van der Waals surface area (Å²) >= 11 is 0. The number of hydrogen-bond acceptors (Lipinski definition) is 12. The molecule has 0 saturated heterocycles. The summed E-state index contributed by atoms with van der Waals surface area (Å²) in [6.45, 7) is 13.5. The van der Waals surface area contributed by atoms with Gasteiger partial charge in [-0.3, -0.25) is 28.8 Å². The van der Waals surface area contributed by atoms with Gasteiger partial charge in [0.05, 0.1) is 25.3 Å². The molecule has 6 atom stereocenters. The van der Waals surface area contributed by atoms with Gasteiger partial charge < -0.3 is 39.8 Å². The van der Waals surface area contributed by atoms with E-state index < -0.39 is 18.1 Å². The summed E-state index contributed by atoms with van der Waals surface area (Å²) in [6, 6.07) is 27.6. The van der Waals surface area contributed by atoms with Crippen LogP contribution in [0.25, 0.3) is 0 Å². The van der Waals surface area contributed by atoms with E-state index in [1.54, 1.807) is 53.5 Å². The molecular weight excluding hydrogens is 1050 g/mol.